The lowest BCUT2D eigenvalue weighted by atomic mass is 10.1. The Balaban J connectivity index is 2.71. The molecule has 6 nitrogen and oxygen atoms in total. The van der Waals surface area contributed by atoms with E-state index in [1.807, 2.05) is 0 Å². The molecule has 0 unspecified atom stereocenters. The summed E-state index contributed by atoms with van der Waals surface area (Å²) in [5.41, 5.74) is 5.15. The van der Waals surface area contributed by atoms with E-state index in [0.29, 0.717) is 0 Å². The Kier molecular flexibility index (Phi) is 3.07. The molecule has 0 bridgehead atoms. The van der Waals surface area contributed by atoms with Crippen molar-refractivity contribution in [3.8, 4) is 11.3 Å². The lowest BCUT2D eigenvalue weighted by Crippen LogP contribution is -2.02. The van der Waals surface area contributed by atoms with E-state index in [4.69, 9.17) is 17.3 Å². The summed E-state index contributed by atoms with van der Waals surface area (Å²) in [5, 5.41) is 10.9. The zero-order valence-corrected chi connectivity index (χ0v) is 9.56. The molecule has 0 saturated heterocycles. The molecule has 2 N–H and O–H groups in total. The number of anilines is 1. The highest BCUT2D eigenvalue weighted by Crippen LogP contribution is 2.35. The van der Waals surface area contributed by atoms with Crippen LogP contribution >= 0.6 is 11.6 Å². The first-order valence-corrected chi connectivity index (χ1v) is 5.09. The second-order valence-electron chi connectivity index (χ2n) is 3.34. The molecule has 0 spiro atoms. The third kappa shape index (κ3) is 2.07. The van der Waals surface area contributed by atoms with Gasteiger partial charge in [-0.2, -0.15) is 0 Å². The quantitative estimate of drug-likeness (QED) is 0.666. The number of aromatic nitrogens is 2. The molecule has 0 amide bonds. The zero-order chi connectivity index (χ0) is 13.3. The Morgan fingerprint density at radius 2 is 2.11 bits per heavy atom. The molecule has 92 valence electrons. The van der Waals surface area contributed by atoms with Crippen molar-refractivity contribution in [3.63, 3.8) is 0 Å². The number of nitrogens with two attached hydrogens (primary N) is 1. The minimum absolute atomic E-state index is 0.0104. The van der Waals surface area contributed by atoms with Crippen LogP contribution in [0.25, 0.3) is 11.3 Å². The second-order valence-corrected chi connectivity index (χ2v) is 3.74. The second kappa shape index (κ2) is 4.53. The third-order valence-electron chi connectivity index (χ3n) is 2.22. The van der Waals surface area contributed by atoms with E-state index < -0.39 is 16.4 Å². The van der Waals surface area contributed by atoms with Crippen LogP contribution in [0.4, 0.5) is 15.9 Å². The molecule has 1 aromatic heterocycles. The molecule has 2 aromatic rings. The average molecular weight is 269 g/mol. The predicted octanol–water partition coefficient (Wildman–Crippen LogP) is 2.43. The summed E-state index contributed by atoms with van der Waals surface area (Å²) in [5.74, 6) is -0.821. The minimum Gasteiger partial charge on any atom is -0.378 e. The standard InChI is InChI=1S/C10H6ClFN4O2/c11-7-3-5(12)1-2-6(7)8-9(16(17)18)10(13)15-4-14-8/h1-4H,(H2,13,14,15). The lowest BCUT2D eigenvalue weighted by molar-refractivity contribution is -0.383. The summed E-state index contributed by atoms with van der Waals surface area (Å²) in [6, 6.07) is 3.47. The van der Waals surface area contributed by atoms with E-state index in [9.17, 15) is 14.5 Å². The number of benzene rings is 1. The summed E-state index contributed by atoms with van der Waals surface area (Å²) < 4.78 is 12.9. The maximum atomic E-state index is 12.9. The SMILES string of the molecule is Nc1ncnc(-c2ccc(F)cc2Cl)c1[N+](=O)[O-]. The van der Waals surface area contributed by atoms with Crippen molar-refractivity contribution in [1.82, 2.24) is 9.97 Å². The van der Waals surface area contributed by atoms with Crippen molar-refractivity contribution in [2.24, 2.45) is 0 Å². The Bertz CT molecular complexity index is 635. The van der Waals surface area contributed by atoms with Crippen LogP contribution in [0.1, 0.15) is 0 Å². The molecule has 1 aromatic carbocycles. The van der Waals surface area contributed by atoms with E-state index in [-0.39, 0.29) is 22.1 Å². The van der Waals surface area contributed by atoms with Gasteiger partial charge >= 0.3 is 5.69 Å². The summed E-state index contributed by atoms with van der Waals surface area (Å²) >= 11 is 5.83. The van der Waals surface area contributed by atoms with Crippen molar-refractivity contribution < 1.29 is 9.31 Å². The van der Waals surface area contributed by atoms with Crippen LogP contribution < -0.4 is 5.73 Å². The van der Waals surface area contributed by atoms with Crippen LogP contribution in [0.2, 0.25) is 5.02 Å². The van der Waals surface area contributed by atoms with E-state index in [0.717, 1.165) is 18.5 Å². The summed E-state index contributed by atoms with van der Waals surface area (Å²) in [6.07, 6.45) is 1.08. The van der Waals surface area contributed by atoms with Crippen LogP contribution in [-0.4, -0.2) is 14.9 Å². The van der Waals surface area contributed by atoms with Crippen LogP contribution in [-0.2, 0) is 0 Å². The third-order valence-corrected chi connectivity index (χ3v) is 2.53. The average Bonchev–Trinajstić information content (AvgIpc) is 2.28. The maximum absolute atomic E-state index is 12.9. The first kappa shape index (κ1) is 12.2. The Morgan fingerprint density at radius 1 is 1.39 bits per heavy atom. The molecule has 0 aliphatic rings. The molecule has 1 heterocycles. The molecular formula is C10H6ClFN4O2. The molecular weight excluding hydrogens is 263 g/mol. The normalized spacial score (nSPS) is 10.3. The first-order chi connectivity index (χ1) is 8.50. The van der Waals surface area contributed by atoms with Gasteiger partial charge in [0.25, 0.3) is 0 Å². The van der Waals surface area contributed by atoms with Crippen LogP contribution in [0.5, 0.6) is 0 Å². The highest BCUT2D eigenvalue weighted by Gasteiger charge is 2.23. The molecule has 0 fully saturated rings. The van der Waals surface area contributed by atoms with Crippen molar-refractivity contribution in [3.05, 3.63) is 45.5 Å². The fourth-order valence-electron chi connectivity index (χ4n) is 1.45. The van der Waals surface area contributed by atoms with E-state index in [1.54, 1.807) is 0 Å². The summed E-state index contributed by atoms with van der Waals surface area (Å²) in [4.78, 5) is 17.5. The van der Waals surface area contributed by atoms with E-state index >= 15 is 0 Å². The number of hydrogen-bond acceptors (Lipinski definition) is 5. The van der Waals surface area contributed by atoms with Crippen molar-refractivity contribution in [1.29, 1.82) is 0 Å². The molecule has 0 aliphatic heterocycles. The van der Waals surface area contributed by atoms with Crippen molar-refractivity contribution >= 4 is 23.1 Å². The van der Waals surface area contributed by atoms with Gasteiger partial charge in [0.2, 0.25) is 5.82 Å². The molecule has 18 heavy (non-hydrogen) atoms. The zero-order valence-electron chi connectivity index (χ0n) is 8.80. The first-order valence-electron chi connectivity index (χ1n) is 4.71. The minimum atomic E-state index is -0.704. The van der Waals surface area contributed by atoms with Crippen LogP contribution in [0.15, 0.2) is 24.5 Å². The monoisotopic (exact) mass is 268 g/mol. The van der Waals surface area contributed by atoms with Gasteiger partial charge in [0.05, 0.1) is 9.95 Å². The highest BCUT2D eigenvalue weighted by molar-refractivity contribution is 6.33. The Morgan fingerprint density at radius 3 is 2.72 bits per heavy atom. The van der Waals surface area contributed by atoms with E-state index in [1.165, 1.54) is 6.07 Å². The Hall–Kier alpha value is -2.28. The molecule has 8 heteroatoms. The lowest BCUT2D eigenvalue weighted by Gasteiger charge is -2.05. The number of halogens is 2. The number of nitrogen functional groups attached to an aromatic ring is 1. The van der Waals surface area contributed by atoms with Gasteiger partial charge < -0.3 is 5.73 Å². The van der Waals surface area contributed by atoms with E-state index in [2.05, 4.69) is 9.97 Å². The highest BCUT2D eigenvalue weighted by atomic mass is 35.5. The van der Waals surface area contributed by atoms with Gasteiger partial charge in [-0.3, -0.25) is 10.1 Å². The number of hydrogen-bond donors (Lipinski definition) is 1. The smallest absolute Gasteiger partial charge is 0.337 e. The van der Waals surface area contributed by atoms with Gasteiger partial charge in [-0.1, -0.05) is 11.6 Å². The number of nitrogens with zero attached hydrogens (tertiary/aromatic N) is 3. The van der Waals surface area contributed by atoms with Gasteiger partial charge in [0, 0.05) is 5.56 Å². The van der Waals surface area contributed by atoms with Gasteiger partial charge in [-0.15, -0.1) is 0 Å². The summed E-state index contributed by atoms with van der Waals surface area (Å²) in [6.45, 7) is 0. The largest absolute Gasteiger partial charge is 0.378 e. The molecule has 2 rings (SSSR count). The summed E-state index contributed by atoms with van der Waals surface area (Å²) in [7, 11) is 0. The van der Waals surface area contributed by atoms with Gasteiger partial charge in [0.15, 0.2) is 5.69 Å². The Labute approximate surface area is 105 Å². The fourth-order valence-corrected chi connectivity index (χ4v) is 1.71. The molecule has 0 saturated carbocycles. The number of rotatable bonds is 2. The fraction of sp³-hybridized carbons (Fsp3) is 0. The molecule has 0 radical (unpaired) electrons. The van der Waals surface area contributed by atoms with Gasteiger partial charge in [0.1, 0.15) is 12.1 Å². The topological polar surface area (TPSA) is 94.9 Å². The predicted molar refractivity (Wildman–Crippen MR) is 63.5 cm³/mol. The molecule has 0 aliphatic carbocycles. The van der Waals surface area contributed by atoms with Crippen LogP contribution in [0, 0.1) is 15.9 Å². The number of nitro groups is 1. The maximum Gasteiger partial charge on any atom is 0.337 e. The van der Waals surface area contributed by atoms with Crippen molar-refractivity contribution in [2.45, 2.75) is 0 Å². The van der Waals surface area contributed by atoms with Gasteiger partial charge in [-0.25, -0.2) is 14.4 Å². The van der Waals surface area contributed by atoms with Gasteiger partial charge in [-0.05, 0) is 18.2 Å². The van der Waals surface area contributed by atoms with Crippen LogP contribution in [0.3, 0.4) is 0 Å². The van der Waals surface area contributed by atoms with Crippen molar-refractivity contribution in [2.75, 3.05) is 5.73 Å². The molecule has 0 atom stereocenters.